The summed E-state index contributed by atoms with van der Waals surface area (Å²) in [5.74, 6) is -0.961. The van der Waals surface area contributed by atoms with Crippen LogP contribution in [0.2, 0.25) is 0 Å². The minimum atomic E-state index is -3.47. The van der Waals surface area contributed by atoms with Crippen LogP contribution in [0.4, 0.5) is 5.69 Å². The lowest BCUT2D eigenvalue weighted by molar-refractivity contribution is 0.203. The predicted octanol–water partition coefficient (Wildman–Crippen LogP) is 4.33. The van der Waals surface area contributed by atoms with Crippen molar-refractivity contribution < 1.29 is 14.2 Å². The van der Waals surface area contributed by atoms with Crippen LogP contribution in [0, 0.1) is 12.8 Å². The lowest BCUT2D eigenvalue weighted by Gasteiger charge is -2.26. The maximum absolute atomic E-state index is 13.7. The Balaban J connectivity index is 2.42. The van der Waals surface area contributed by atoms with Crippen molar-refractivity contribution >= 4 is 18.4 Å². The van der Waals surface area contributed by atoms with Gasteiger partial charge in [0.2, 0.25) is 0 Å². The minimum Gasteiger partial charge on any atom is -0.378 e. The molecule has 2 rings (SSSR count). The maximum Gasteiger partial charge on any atom is 0.264 e. The van der Waals surface area contributed by atoms with Crippen LogP contribution in [0.1, 0.15) is 30.8 Å². The third-order valence-electron chi connectivity index (χ3n) is 4.02. The topological polar surface area (TPSA) is 49.8 Å². The van der Waals surface area contributed by atoms with E-state index < -0.39 is 13.2 Å². The number of benzene rings is 2. The Hall–Kier alpha value is -1.61. The quantitative estimate of drug-likeness (QED) is 0.746. The van der Waals surface area contributed by atoms with Crippen molar-refractivity contribution in [2.45, 2.75) is 26.6 Å². The van der Waals surface area contributed by atoms with E-state index in [0.717, 1.165) is 11.3 Å². The molecule has 0 amide bonds. The molecule has 0 aliphatic carbocycles. The van der Waals surface area contributed by atoms with Crippen LogP contribution >= 0.6 is 7.37 Å². The summed E-state index contributed by atoms with van der Waals surface area (Å²) < 4.78 is 19.5. The van der Waals surface area contributed by atoms with Crippen LogP contribution in [0.25, 0.3) is 0 Å². The highest BCUT2D eigenvalue weighted by atomic mass is 31.2. The van der Waals surface area contributed by atoms with Gasteiger partial charge in [-0.15, -0.1) is 0 Å². The van der Waals surface area contributed by atoms with Crippen LogP contribution < -0.4 is 10.2 Å². The highest BCUT2D eigenvalue weighted by Gasteiger charge is 2.36. The summed E-state index contributed by atoms with van der Waals surface area (Å²) in [6, 6.07) is 14.8. The molecule has 2 atom stereocenters. The molecule has 0 saturated carbocycles. The first-order chi connectivity index (χ1) is 11.7. The van der Waals surface area contributed by atoms with Gasteiger partial charge in [0, 0.05) is 25.1 Å². The minimum absolute atomic E-state index is 0.222. The van der Waals surface area contributed by atoms with Gasteiger partial charge in [-0.25, -0.2) is 0 Å². The van der Waals surface area contributed by atoms with Gasteiger partial charge in [-0.3, -0.25) is 4.57 Å². The molecule has 136 valence electrons. The lowest BCUT2D eigenvalue weighted by Crippen LogP contribution is -2.17. The van der Waals surface area contributed by atoms with Crippen molar-refractivity contribution in [1.82, 2.24) is 0 Å². The zero-order valence-corrected chi connectivity index (χ0v) is 16.5. The van der Waals surface area contributed by atoms with E-state index >= 15 is 0 Å². The van der Waals surface area contributed by atoms with Crippen LogP contribution in [0.15, 0.2) is 48.5 Å². The Labute approximate surface area is 150 Å². The van der Waals surface area contributed by atoms with Crippen molar-refractivity contribution in [1.29, 1.82) is 0 Å². The first-order valence-electron chi connectivity index (χ1n) is 8.51. The number of rotatable bonds is 7. The highest BCUT2D eigenvalue weighted by Crippen LogP contribution is 2.57. The normalized spacial score (nSPS) is 15.0. The van der Waals surface area contributed by atoms with Crippen molar-refractivity contribution in [2.24, 2.45) is 5.92 Å². The number of aliphatic hydroxyl groups excluding tert-OH is 1. The fraction of sp³-hybridized carbons (Fsp3) is 0.400. The van der Waals surface area contributed by atoms with Crippen LogP contribution in [0.5, 0.6) is 0 Å². The maximum atomic E-state index is 13.7. The molecule has 1 N–H and O–H groups in total. The molecule has 0 bridgehead atoms. The van der Waals surface area contributed by atoms with E-state index in [1.165, 1.54) is 0 Å². The Morgan fingerprint density at radius 3 is 2.08 bits per heavy atom. The molecule has 0 aliphatic rings. The summed E-state index contributed by atoms with van der Waals surface area (Å²) in [6.45, 7) is 6.30. The number of aliphatic hydroxyl groups is 1. The van der Waals surface area contributed by atoms with E-state index in [0.29, 0.717) is 17.5 Å². The second-order valence-corrected chi connectivity index (χ2v) is 9.44. The van der Waals surface area contributed by atoms with Gasteiger partial charge in [0.15, 0.2) is 5.85 Å². The molecular weight excluding hydrogens is 333 g/mol. The molecule has 0 fully saturated rings. The van der Waals surface area contributed by atoms with E-state index in [1.54, 1.807) is 24.3 Å². The van der Waals surface area contributed by atoms with Gasteiger partial charge in [-0.05, 0) is 42.7 Å². The van der Waals surface area contributed by atoms with Crippen molar-refractivity contribution in [3.63, 3.8) is 0 Å². The molecule has 5 heteroatoms. The molecule has 2 aromatic rings. The smallest absolute Gasteiger partial charge is 0.264 e. The number of aryl methyl sites for hydroxylation is 1. The van der Waals surface area contributed by atoms with E-state index in [-0.39, 0.29) is 5.92 Å². The Bertz CT molecular complexity index is 724. The summed E-state index contributed by atoms with van der Waals surface area (Å²) >= 11 is 0. The predicted molar refractivity (Wildman–Crippen MR) is 105 cm³/mol. The standard InChI is InChI=1S/C20H28NO3P/c1-15(2)14-24-25(23,19-12-10-18(11-13-19)21(4)5)20(22)17-8-6-16(3)7-9-17/h6-13,15,20,22H,14H2,1-5H3/t20-,25-/m1/s1. The summed E-state index contributed by atoms with van der Waals surface area (Å²) in [6.07, 6.45) is 0. The third-order valence-corrected chi connectivity index (χ3v) is 6.52. The first kappa shape index (κ1) is 19.7. The van der Waals surface area contributed by atoms with Gasteiger partial charge in [0.05, 0.1) is 6.61 Å². The van der Waals surface area contributed by atoms with Crippen LogP contribution in [0.3, 0.4) is 0 Å². The summed E-state index contributed by atoms with van der Waals surface area (Å²) in [7, 11) is 0.432. The number of anilines is 1. The number of nitrogens with zero attached hydrogens (tertiary/aromatic N) is 1. The van der Waals surface area contributed by atoms with E-state index in [4.69, 9.17) is 4.52 Å². The van der Waals surface area contributed by atoms with Gasteiger partial charge in [0.1, 0.15) is 0 Å². The third kappa shape index (κ3) is 4.72. The monoisotopic (exact) mass is 361 g/mol. The SMILES string of the molecule is Cc1ccc([C@H](O)[P@](=O)(OCC(C)C)c2ccc(N(C)C)cc2)cc1. The molecule has 0 heterocycles. The van der Waals surface area contributed by atoms with Crippen LogP contribution in [-0.4, -0.2) is 25.8 Å². The van der Waals surface area contributed by atoms with Crippen LogP contribution in [-0.2, 0) is 9.09 Å². The second-order valence-electron chi connectivity index (χ2n) is 6.98. The molecule has 0 spiro atoms. The molecule has 4 nitrogen and oxygen atoms in total. The van der Waals surface area contributed by atoms with Gasteiger partial charge < -0.3 is 14.5 Å². The van der Waals surface area contributed by atoms with Gasteiger partial charge in [-0.1, -0.05) is 43.7 Å². The zero-order valence-electron chi connectivity index (χ0n) is 15.6. The second kappa shape index (κ2) is 8.18. The van der Waals surface area contributed by atoms with Crippen molar-refractivity contribution in [3.05, 3.63) is 59.7 Å². The molecule has 25 heavy (non-hydrogen) atoms. The van der Waals surface area contributed by atoms with E-state index in [2.05, 4.69) is 0 Å². The fourth-order valence-electron chi connectivity index (χ4n) is 2.44. The average molecular weight is 361 g/mol. The molecular formula is C20H28NO3P. The summed E-state index contributed by atoms with van der Waals surface area (Å²) in [4.78, 5) is 1.97. The molecule has 2 aromatic carbocycles. The lowest BCUT2D eigenvalue weighted by atomic mass is 10.2. The summed E-state index contributed by atoms with van der Waals surface area (Å²) in [5.41, 5.74) is 2.70. The van der Waals surface area contributed by atoms with Crippen molar-refractivity contribution in [3.8, 4) is 0 Å². The highest BCUT2D eigenvalue weighted by molar-refractivity contribution is 7.67. The molecule has 0 aliphatic heterocycles. The Morgan fingerprint density at radius 1 is 1.04 bits per heavy atom. The Morgan fingerprint density at radius 2 is 1.60 bits per heavy atom. The largest absolute Gasteiger partial charge is 0.378 e. The van der Waals surface area contributed by atoms with E-state index in [1.807, 2.05) is 64.0 Å². The van der Waals surface area contributed by atoms with E-state index in [9.17, 15) is 9.67 Å². The molecule has 0 aromatic heterocycles. The number of hydrogen-bond acceptors (Lipinski definition) is 4. The molecule has 0 radical (unpaired) electrons. The summed E-state index contributed by atoms with van der Waals surface area (Å²) in [5, 5.41) is 11.4. The van der Waals surface area contributed by atoms with Gasteiger partial charge >= 0.3 is 0 Å². The zero-order chi connectivity index (χ0) is 18.6. The average Bonchev–Trinajstić information content (AvgIpc) is 2.59. The molecule has 0 unspecified atom stereocenters. The molecule has 0 saturated heterocycles. The number of hydrogen-bond donors (Lipinski definition) is 1. The Kier molecular flexibility index (Phi) is 6.45. The first-order valence-corrected chi connectivity index (χ1v) is 10.2. The fourth-order valence-corrected chi connectivity index (χ4v) is 4.66. The van der Waals surface area contributed by atoms with Gasteiger partial charge in [0.25, 0.3) is 7.37 Å². The van der Waals surface area contributed by atoms with Crippen molar-refractivity contribution in [2.75, 3.05) is 25.6 Å². The van der Waals surface area contributed by atoms with Gasteiger partial charge in [-0.2, -0.15) is 0 Å².